The first kappa shape index (κ1) is 13.9. The Hall–Kier alpha value is -1.16. The molecule has 0 atom stereocenters. The van der Waals surface area contributed by atoms with Crippen LogP contribution >= 0.6 is 11.8 Å². The van der Waals surface area contributed by atoms with Gasteiger partial charge < -0.3 is 10.6 Å². The first-order valence-corrected chi connectivity index (χ1v) is 7.01. The second kappa shape index (κ2) is 7.22. The maximum Gasteiger partial charge on any atom is 0.191 e. The molecule has 0 aliphatic rings. The van der Waals surface area contributed by atoms with Crippen molar-refractivity contribution in [2.24, 2.45) is 4.99 Å². The highest BCUT2D eigenvalue weighted by molar-refractivity contribution is 7.98. The summed E-state index contributed by atoms with van der Waals surface area (Å²) in [7, 11) is 1.79. The number of hydrogen-bond donors (Lipinski definition) is 2. The summed E-state index contributed by atoms with van der Waals surface area (Å²) in [4.78, 5) is 5.48. The molecular formula is C13H21N3S. The number of benzene rings is 1. The Kier molecular flexibility index (Phi) is 5.91. The minimum absolute atomic E-state index is 0.802. The largest absolute Gasteiger partial charge is 0.357 e. The summed E-state index contributed by atoms with van der Waals surface area (Å²) in [6, 6.07) is 6.54. The molecule has 0 aliphatic carbocycles. The fourth-order valence-corrected chi connectivity index (χ4v) is 2.27. The standard InChI is InChI=1S/C13H21N3S/c1-5-15-13(14-3)16-9-11-7-6-10(2)8-12(11)17-4/h6-8H,5,9H2,1-4H3,(H2,14,15,16). The molecule has 0 aliphatic heterocycles. The van der Waals surface area contributed by atoms with Crippen LogP contribution in [0.25, 0.3) is 0 Å². The molecule has 0 bridgehead atoms. The summed E-state index contributed by atoms with van der Waals surface area (Å²) in [5.74, 6) is 0.847. The van der Waals surface area contributed by atoms with Crippen molar-refractivity contribution >= 4 is 17.7 Å². The van der Waals surface area contributed by atoms with Crippen molar-refractivity contribution in [3.8, 4) is 0 Å². The van der Waals surface area contributed by atoms with Crippen LogP contribution in [0.2, 0.25) is 0 Å². The van der Waals surface area contributed by atoms with E-state index in [4.69, 9.17) is 0 Å². The second-order valence-electron chi connectivity index (χ2n) is 3.77. The number of aliphatic imine (C=N–C) groups is 1. The fourth-order valence-electron chi connectivity index (χ4n) is 1.56. The number of aryl methyl sites for hydroxylation is 1. The van der Waals surface area contributed by atoms with Gasteiger partial charge in [0.2, 0.25) is 0 Å². The van der Waals surface area contributed by atoms with E-state index in [-0.39, 0.29) is 0 Å². The van der Waals surface area contributed by atoms with Crippen LogP contribution in [-0.2, 0) is 6.54 Å². The van der Waals surface area contributed by atoms with Gasteiger partial charge in [-0.25, -0.2) is 0 Å². The first-order valence-electron chi connectivity index (χ1n) is 5.79. The quantitative estimate of drug-likeness (QED) is 0.490. The van der Waals surface area contributed by atoms with Crippen LogP contribution in [0.3, 0.4) is 0 Å². The Labute approximate surface area is 108 Å². The molecule has 0 spiro atoms. The van der Waals surface area contributed by atoms with Crippen LogP contribution in [0.5, 0.6) is 0 Å². The summed E-state index contributed by atoms with van der Waals surface area (Å²) in [5.41, 5.74) is 2.61. The number of rotatable bonds is 4. The Morgan fingerprint density at radius 2 is 2.12 bits per heavy atom. The van der Waals surface area contributed by atoms with Crippen molar-refractivity contribution in [2.45, 2.75) is 25.3 Å². The smallest absolute Gasteiger partial charge is 0.191 e. The topological polar surface area (TPSA) is 36.4 Å². The van der Waals surface area contributed by atoms with Gasteiger partial charge in [0, 0.05) is 25.0 Å². The van der Waals surface area contributed by atoms with Crippen molar-refractivity contribution in [3.05, 3.63) is 29.3 Å². The third kappa shape index (κ3) is 4.30. The van der Waals surface area contributed by atoms with Crippen molar-refractivity contribution < 1.29 is 0 Å². The highest BCUT2D eigenvalue weighted by Gasteiger charge is 2.02. The molecule has 2 N–H and O–H groups in total. The molecule has 1 aromatic carbocycles. The van der Waals surface area contributed by atoms with E-state index >= 15 is 0 Å². The zero-order chi connectivity index (χ0) is 12.7. The summed E-state index contributed by atoms with van der Waals surface area (Å²) < 4.78 is 0. The van der Waals surface area contributed by atoms with E-state index in [2.05, 4.69) is 53.9 Å². The zero-order valence-corrected chi connectivity index (χ0v) is 11.8. The van der Waals surface area contributed by atoms with Gasteiger partial charge in [0.05, 0.1) is 0 Å². The molecule has 4 heteroatoms. The lowest BCUT2D eigenvalue weighted by Crippen LogP contribution is -2.36. The highest BCUT2D eigenvalue weighted by Crippen LogP contribution is 2.21. The van der Waals surface area contributed by atoms with Gasteiger partial charge in [0.1, 0.15) is 0 Å². The van der Waals surface area contributed by atoms with Gasteiger partial charge in [-0.3, -0.25) is 4.99 Å². The number of thioether (sulfide) groups is 1. The summed E-state index contributed by atoms with van der Waals surface area (Å²) in [5, 5.41) is 6.49. The van der Waals surface area contributed by atoms with Gasteiger partial charge in [-0.05, 0) is 37.3 Å². The lowest BCUT2D eigenvalue weighted by Gasteiger charge is -2.13. The normalized spacial score (nSPS) is 11.4. The van der Waals surface area contributed by atoms with Crippen molar-refractivity contribution in [2.75, 3.05) is 19.8 Å². The number of guanidine groups is 1. The second-order valence-corrected chi connectivity index (χ2v) is 4.62. The van der Waals surface area contributed by atoms with E-state index in [1.165, 1.54) is 16.0 Å². The molecule has 0 aromatic heterocycles. The molecule has 94 valence electrons. The number of hydrogen-bond acceptors (Lipinski definition) is 2. The van der Waals surface area contributed by atoms with Crippen molar-refractivity contribution in [3.63, 3.8) is 0 Å². The molecule has 0 radical (unpaired) electrons. The lowest BCUT2D eigenvalue weighted by atomic mass is 10.1. The first-order chi connectivity index (χ1) is 8.21. The van der Waals surface area contributed by atoms with Crippen LogP contribution in [-0.4, -0.2) is 25.8 Å². The van der Waals surface area contributed by atoms with Crippen LogP contribution in [0, 0.1) is 6.92 Å². The lowest BCUT2D eigenvalue weighted by molar-refractivity contribution is 0.819. The number of nitrogens with one attached hydrogen (secondary N) is 2. The van der Waals surface area contributed by atoms with E-state index in [1.54, 1.807) is 18.8 Å². The average Bonchev–Trinajstić information content (AvgIpc) is 2.35. The molecular weight excluding hydrogens is 230 g/mol. The van der Waals surface area contributed by atoms with Gasteiger partial charge in [-0.15, -0.1) is 11.8 Å². The molecule has 3 nitrogen and oxygen atoms in total. The van der Waals surface area contributed by atoms with Gasteiger partial charge in [0.25, 0.3) is 0 Å². The Morgan fingerprint density at radius 1 is 1.35 bits per heavy atom. The monoisotopic (exact) mass is 251 g/mol. The summed E-state index contributed by atoms with van der Waals surface area (Å²) >= 11 is 1.78. The van der Waals surface area contributed by atoms with E-state index in [1.807, 2.05) is 0 Å². The molecule has 0 unspecified atom stereocenters. The Balaban J connectivity index is 2.68. The van der Waals surface area contributed by atoms with E-state index in [0.717, 1.165) is 19.0 Å². The maximum absolute atomic E-state index is 4.15. The molecule has 0 heterocycles. The van der Waals surface area contributed by atoms with E-state index in [0.29, 0.717) is 0 Å². The van der Waals surface area contributed by atoms with Crippen LogP contribution in [0.1, 0.15) is 18.1 Å². The number of nitrogens with zero attached hydrogens (tertiary/aromatic N) is 1. The minimum Gasteiger partial charge on any atom is -0.357 e. The van der Waals surface area contributed by atoms with E-state index in [9.17, 15) is 0 Å². The van der Waals surface area contributed by atoms with E-state index < -0.39 is 0 Å². The minimum atomic E-state index is 0.802. The van der Waals surface area contributed by atoms with Gasteiger partial charge in [0.15, 0.2) is 5.96 Å². The average molecular weight is 251 g/mol. The van der Waals surface area contributed by atoms with Crippen molar-refractivity contribution in [1.82, 2.24) is 10.6 Å². The molecule has 0 saturated carbocycles. The molecule has 0 fully saturated rings. The third-order valence-electron chi connectivity index (χ3n) is 2.46. The van der Waals surface area contributed by atoms with Crippen LogP contribution in [0.4, 0.5) is 0 Å². The summed E-state index contributed by atoms with van der Waals surface area (Å²) in [6.07, 6.45) is 2.11. The molecule has 17 heavy (non-hydrogen) atoms. The highest BCUT2D eigenvalue weighted by atomic mass is 32.2. The van der Waals surface area contributed by atoms with Gasteiger partial charge in [-0.1, -0.05) is 12.1 Å². The van der Waals surface area contributed by atoms with Gasteiger partial charge in [-0.2, -0.15) is 0 Å². The fraction of sp³-hybridized carbons (Fsp3) is 0.462. The van der Waals surface area contributed by atoms with Gasteiger partial charge >= 0.3 is 0 Å². The van der Waals surface area contributed by atoms with Crippen molar-refractivity contribution in [1.29, 1.82) is 0 Å². The molecule has 1 aromatic rings. The molecule has 0 saturated heterocycles. The predicted octanol–water partition coefficient (Wildman–Crippen LogP) is 2.40. The zero-order valence-electron chi connectivity index (χ0n) is 11.0. The maximum atomic E-state index is 4.15. The van der Waals surface area contributed by atoms with Crippen LogP contribution < -0.4 is 10.6 Å². The predicted molar refractivity (Wildman–Crippen MR) is 76.8 cm³/mol. The SMILES string of the molecule is CCNC(=NC)NCc1ccc(C)cc1SC. The summed E-state index contributed by atoms with van der Waals surface area (Å²) in [6.45, 7) is 5.86. The Bertz CT molecular complexity index is 388. The molecule has 1 rings (SSSR count). The Morgan fingerprint density at radius 3 is 2.71 bits per heavy atom. The molecule has 0 amide bonds. The third-order valence-corrected chi connectivity index (χ3v) is 3.28. The van der Waals surface area contributed by atoms with Crippen LogP contribution in [0.15, 0.2) is 28.1 Å².